The first-order valence-electron chi connectivity index (χ1n) is 4.58. The molecule has 72 valence electrons. The number of hydroxylamine groups is 2. The van der Waals surface area contributed by atoms with Gasteiger partial charge in [0.05, 0.1) is 24.7 Å². The highest BCUT2D eigenvalue weighted by Crippen LogP contribution is 2.33. The third-order valence-corrected chi connectivity index (χ3v) is 3.14. The van der Waals surface area contributed by atoms with Gasteiger partial charge in [0.15, 0.2) is 0 Å². The Morgan fingerprint density at radius 2 is 2.31 bits per heavy atom. The van der Waals surface area contributed by atoms with Crippen LogP contribution in [0, 0.1) is 0 Å². The lowest BCUT2D eigenvalue weighted by Crippen LogP contribution is -2.50. The van der Waals surface area contributed by atoms with Gasteiger partial charge in [-0.2, -0.15) is 5.06 Å². The van der Waals surface area contributed by atoms with E-state index in [1.807, 2.05) is 12.1 Å². The van der Waals surface area contributed by atoms with Gasteiger partial charge in [-0.1, -0.05) is 0 Å². The zero-order chi connectivity index (χ0) is 9.00. The topological polar surface area (TPSA) is 42.0 Å². The molecule has 0 N–H and O–H groups in total. The molecule has 3 atom stereocenters. The first kappa shape index (κ1) is 7.58. The highest BCUT2D eigenvalue weighted by atomic mass is 16.7. The van der Waals surface area contributed by atoms with Gasteiger partial charge in [0, 0.05) is 7.05 Å². The predicted molar refractivity (Wildman–Crippen MR) is 42.9 cm³/mol. The van der Waals surface area contributed by atoms with Crippen molar-refractivity contribution in [2.45, 2.75) is 24.6 Å². The minimum absolute atomic E-state index is 0.178. The zero-order valence-corrected chi connectivity index (χ0v) is 7.47. The van der Waals surface area contributed by atoms with Gasteiger partial charge in [0.1, 0.15) is 6.61 Å². The van der Waals surface area contributed by atoms with E-state index < -0.39 is 0 Å². The number of likely N-dealkylation sites (N-methyl/N-ethyl adjacent to an activating group) is 1. The molecule has 3 rings (SSSR count). The van der Waals surface area contributed by atoms with Crippen LogP contribution in [0.2, 0.25) is 0 Å². The molecule has 0 aliphatic carbocycles. The zero-order valence-electron chi connectivity index (χ0n) is 7.47. The Morgan fingerprint density at radius 1 is 1.46 bits per heavy atom. The Morgan fingerprint density at radius 3 is 3.15 bits per heavy atom. The number of cyclic esters (lactones) is 1. The van der Waals surface area contributed by atoms with Crippen LogP contribution in [0.5, 0.6) is 0 Å². The molecule has 0 spiro atoms. The van der Waals surface area contributed by atoms with Gasteiger partial charge < -0.3 is 4.74 Å². The molecule has 2 bridgehead atoms. The summed E-state index contributed by atoms with van der Waals surface area (Å²) in [6, 6.07) is 0.529. The van der Waals surface area contributed by atoms with Crippen molar-refractivity contribution in [2.24, 2.45) is 0 Å². The number of fused-ring (bicyclic) bond motifs is 4. The standard InChI is InChI=1S/C8H12N2O3/c1-9-6-2-5(13-9)3-10-7(6)4-12-8(10)11/h5-7H,2-4H2,1H3/t5-,6+,7-/m0/s1. The monoisotopic (exact) mass is 184 g/mol. The van der Waals surface area contributed by atoms with Crippen molar-refractivity contribution in [2.75, 3.05) is 20.2 Å². The number of piperidine rings is 1. The van der Waals surface area contributed by atoms with E-state index in [2.05, 4.69) is 0 Å². The second kappa shape index (κ2) is 2.36. The number of amides is 1. The second-order valence-electron chi connectivity index (χ2n) is 3.87. The predicted octanol–water partition coefficient (Wildman–Crippen LogP) is -0.175. The largest absolute Gasteiger partial charge is 0.447 e. The quantitative estimate of drug-likeness (QED) is 0.524. The molecule has 5 nitrogen and oxygen atoms in total. The minimum atomic E-state index is -0.182. The summed E-state index contributed by atoms with van der Waals surface area (Å²) in [6.45, 7) is 1.20. The molecule has 3 fully saturated rings. The Hall–Kier alpha value is -0.810. The Kier molecular flexibility index (Phi) is 1.38. The fraction of sp³-hybridized carbons (Fsp3) is 0.875. The highest BCUT2D eigenvalue weighted by molar-refractivity contribution is 5.70. The van der Waals surface area contributed by atoms with Crippen LogP contribution in [0.15, 0.2) is 0 Å². The Balaban J connectivity index is 1.90. The van der Waals surface area contributed by atoms with Crippen molar-refractivity contribution in [3.63, 3.8) is 0 Å². The summed E-state index contributed by atoms with van der Waals surface area (Å²) in [7, 11) is 1.93. The van der Waals surface area contributed by atoms with E-state index in [1.54, 1.807) is 4.90 Å². The van der Waals surface area contributed by atoms with Crippen LogP contribution >= 0.6 is 0 Å². The fourth-order valence-corrected chi connectivity index (χ4v) is 2.49. The average molecular weight is 184 g/mol. The molecule has 0 aromatic rings. The normalized spacial score (nSPS) is 43.6. The minimum Gasteiger partial charge on any atom is -0.447 e. The van der Waals surface area contributed by atoms with Gasteiger partial charge in [-0.15, -0.1) is 0 Å². The third-order valence-electron chi connectivity index (χ3n) is 3.14. The lowest BCUT2D eigenvalue weighted by atomic mass is 9.97. The molecule has 0 aromatic carbocycles. The summed E-state index contributed by atoms with van der Waals surface area (Å²) in [6.07, 6.45) is 1.02. The SMILES string of the molecule is CN1O[C@H]2C[C@@H]1[C@@H]1COC(=O)N1C2. The van der Waals surface area contributed by atoms with Crippen LogP contribution in [0.25, 0.3) is 0 Å². The van der Waals surface area contributed by atoms with E-state index in [0.717, 1.165) is 6.42 Å². The average Bonchev–Trinajstić information content (AvgIpc) is 2.59. The Labute approximate surface area is 76.1 Å². The molecule has 0 unspecified atom stereocenters. The summed E-state index contributed by atoms with van der Waals surface area (Å²) in [5, 5.41) is 1.87. The van der Waals surface area contributed by atoms with Crippen molar-refractivity contribution >= 4 is 6.09 Å². The molecule has 13 heavy (non-hydrogen) atoms. The smallest absolute Gasteiger partial charge is 0.410 e. The molecule has 3 heterocycles. The maximum Gasteiger partial charge on any atom is 0.410 e. The second-order valence-corrected chi connectivity index (χ2v) is 3.87. The van der Waals surface area contributed by atoms with E-state index >= 15 is 0 Å². The number of nitrogens with zero attached hydrogens (tertiary/aromatic N) is 2. The van der Waals surface area contributed by atoms with Crippen molar-refractivity contribution in [1.82, 2.24) is 9.96 Å². The summed E-state index contributed by atoms with van der Waals surface area (Å²) in [5.41, 5.74) is 0. The van der Waals surface area contributed by atoms with Crippen molar-refractivity contribution in [3.05, 3.63) is 0 Å². The number of hydrogen-bond acceptors (Lipinski definition) is 4. The molecule has 1 amide bonds. The van der Waals surface area contributed by atoms with Crippen LogP contribution in [0.4, 0.5) is 4.79 Å². The molecule has 0 aromatic heterocycles. The van der Waals surface area contributed by atoms with E-state index in [9.17, 15) is 4.79 Å². The van der Waals surface area contributed by atoms with Crippen LogP contribution in [0.1, 0.15) is 6.42 Å². The van der Waals surface area contributed by atoms with Gasteiger partial charge in [0.2, 0.25) is 0 Å². The van der Waals surface area contributed by atoms with Crippen LogP contribution in [0.3, 0.4) is 0 Å². The number of rotatable bonds is 0. The van der Waals surface area contributed by atoms with Crippen LogP contribution in [-0.2, 0) is 9.57 Å². The molecule has 3 aliphatic heterocycles. The van der Waals surface area contributed by atoms with Gasteiger partial charge in [-0.3, -0.25) is 9.74 Å². The van der Waals surface area contributed by atoms with E-state index in [-0.39, 0.29) is 18.2 Å². The number of carbonyl (C=O) groups excluding carboxylic acids is 1. The van der Waals surface area contributed by atoms with Gasteiger partial charge in [0.25, 0.3) is 0 Å². The number of ether oxygens (including phenoxy) is 1. The van der Waals surface area contributed by atoms with Crippen LogP contribution < -0.4 is 0 Å². The molecule has 3 saturated heterocycles. The maximum atomic E-state index is 11.3. The summed E-state index contributed by atoms with van der Waals surface area (Å²) in [4.78, 5) is 18.6. The molecular formula is C8H12N2O3. The van der Waals surface area contributed by atoms with Gasteiger partial charge in [-0.05, 0) is 6.42 Å². The summed E-state index contributed by atoms with van der Waals surface area (Å²) in [5.74, 6) is 0. The molecule has 0 saturated carbocycles. The highest BCUT2D eigenvalue weighted by Gasteiger charge is 2.50. The third kappa shape index (κ3) is 0.912. The fourth-order valence-electron chi connectivity index (χ4n) is 2.49. The van der Waals surface area contributed by atoms with E-state index in [0.29, 0.717) is 19.2 Å². The van der Waals surface area contributed by atoms with Crippen molar-refractivity contribution in [3.8, 4) is 0 Å². The lowest BCUT2D eigenvalue weighted by Gasteiger charge is -2.30. The van der Waals surface area contributed by atoms with E-state index in [4.69, 9.17) is 9.57 Å². The van der Waals surface area contributed by atoms with Crippen molar-refractivity contribution in [1.29, 1.82) is 0 Å². The first-order chi connectivity index (χ1) is 6.25. The maximum absolute atomic E-state index is 11.3. The summed E-state index contributed by atoms with van der Waals surface area (Å²) >= 11 is 0. The molecule has 0 radical (unpaired) electrons. The van der Waals surface area contributed by atoms with Crippen LogP contribution in [-0.4, -0.2) is 54.4 Å². The Bertz CT molecular complexity index is 258. The van der Waals surface area contributed by atoms with Gasteiger partial charge in [-0.25, -0.2) is 4.79 Å². The van der Waals surface area contributed by atoms with E-state index in [1.165, 1.54) is 0 Å². The number of hydrogen-bond donors (Lipinski definition) is 0. The van der Waals surface area contributed by atoms with Gasteiger partial charge >= 0.3 is 6.09 Å². The summed E-state index contributed by atoms with van der Waals surface area (Å²) < 4.78 is 5.01. The lowest BCUT2D eigenvalue weighted by molar-refractivity contribution is -0.135. The molecule has 3 aliphatic rings. The molecular weight excluding hydrogens is 172 g/mol. The first-order valence-corrected chi connectivity index (χ1v) is 4.58. The van der Waals surface area contributed by atoms with Crippen molar-refractivity contribution < 1.29 is 14.4 Å². The molecule has 5 heteroatoms. The number of carbonyl (C=O) groups is 1.